The van der Waals surface area contributed by atoms with Crippen LogP contribution in [0.25, 0.3) is 0 Å². The number of ether oxygens (including phenoxy) is 1. The van der Waals surface area contributed by atoms with E-state index in [1.165, 1.54) is 0 Å². The Morgan fingerprint density at radius 1 is 1.40 bits per heavy atom. The molecule has 2 aromatic rings. The van der Waals surface area contributed by atoms with Crippen LogP contribution in [0.2, 0.25) is 0 Å². The Morgan fingerprint density at radius 2 is 2.20 bits per heavy atom. The topological polar surface area (TPSA) is 56.1 Å². The Balaban J connectivity index is 2.04. The second-order valence-electron chi connectivity index (χ2n) is 5.06. The van der Waals surface area contributed by atoms with E-state index < -0.39 is 0 Å². The molecule has 1 heterocycles. The Labute approximate surface area is 118 Å². The van der Waals surface area contributed by atoms with Crippen LogP contribution in [0.5, 0.6) is 5.75 Å². The summed E-state index contributed by atoms with van der Waals surface area (Å²) >= 11 is 0. The molecule has 1 N–H and O–H groups in total. The van der Waals surface area contributed by atoms with Crippen LogP contribution < -0.4 is 10.1 Å². The van der Waals surface area contributed by atoms with Gasteiger partial charge in [0.05, 0.1) is 6.61 Å². The quantitative estimate of drug-likeness (QED) is 0.911. The number of aryl methyl sites for hydroxylation is 1. The molecule has 5 heteroatoms. The maximum atomic E-state index is 12.1. The summed E-state index contributed by atoms with van der Waals surface area (Å²) in [5, 5.41) is 6.86. The summed E-state index contributed by atoms with van der Waals surface area (Å²) in [5.74, 6) is 1.48. The van der Waals surface area contributed by atoms with Gasteiger partial charge in [-0.15, -0.1) is 0 Å². The standard InChI is InChI=1S/C15H19N3O2/c1-11(2)10-20-13-6-4-5-12(9-13)15(19)16-14-7-8-18(3)17-14/h4-9,11H,10H2,1-3H3,(H,16,17,19). The third-order valence-corrected chi connectivity index (χ3v) is 2.63. The largest absolute Gasteiger partial charge is 0.493 e. The highest BCUT2D eigenvalue weighted by atomic mass is 16.5. The number of aromatic nitrogens is 2. The molecule has 0 aliphatic carbocycles. The van der Waals surface area contributed by atoms with Gasteiger partial charge in [-0.05, 0) is 24.1 Å². The van der Waals surface area contributed by atoms with Crippen molar-refractivity contribution >= 4 is 11.7 Å². The lowest BCUT2D eigenvalue weighted by Crippen LogP contribution is -2.13. The van der Waals surface area contributed by atoms with Crippen LogP contribution in [0.1, 0.15) is 24.2 Å². The predicted octanol–water partition coefficient (Wildman–Crippen LogP) is 2.71. The van der Waals surface area contributed by atoms with Crippen LogP contribution in [0.4, 0.5) is 5.82 Å². The highest BCUT2D eigenvalue weighted by Crippen LogP contribution is 2.15. The molecule has 1 aromatic carbocycles. The zero-order valence-electron chi connectivity index (χ0n) is 12.0. The van der Waals surface area contributed by atoms with Gasteiger partial charge < -0.3 is 10.1 Å². The first-order valence-electron chi connectivity index (χ1n) is 6.58. The smallest absolute Gasteiger partial charge is 0.256 e. The monoisotopic (exact) mass is 273 g/mol. The van der Waals surface area contributed by atoms with E-state index >= 15 is 0 Å². The molecular weight excluding hydrogens is 254 g/mol. The molecule has 0 aliphatic heterocycles. The van der Waals surface area contributed by atoms with E-state index in [9.17, 15) is 4.79 Å². The SMILES string of the molecule is CC(C)COc1cccc(C(=O)Nc2ccn(C)n2)c1. The van der Waals surface area contributed by atoms with Gasteiger partial charge in [0, 0.05) is 24.9 Å². The van der Waals surface area contributed by atoms with Crippen molar-refractivity contribution in [1.82, 2.24) is 9.78 Å². The molecule has 0 saturated carbocycles. The fourth-order valence-electron chi connectivity index (χ4n) is 1.66. The number of rotatable bonds is 5. The highest BCUT2D eigenvalue weighted by molar-refractivity contribution is 6.03. The first-order chi connectivity index (χ1) is 9.54. The number of anilines is 1. The van der Waals surface area contributed by atoms with Crippen molar-refractivity contribution in [2.24, 2.45) is 13.0 Å². The van der Waals surface area contributed by atoms with Crippen molar-refractivity contribution in [2.75, 3.05) is 11.9 Å². The molecule has 106 valence electrons. The van der Waals surface area contributed by atoms with Crippen LogP contribution in [0.3, 0.4) is 0 Å². The summed E-state index contributed by atoms with van der Waals surface area (Å²) in [6.45, 7) is 4.79. The number of amides is 1. The fraction of sp³-hybridized carbons (Fsp3) is 0.333. The molecule has 5 nitrogen and oxygen atoms in total. The lowest BCUT2D eigenvalue weighted by atomic mass is 10.2. The molecule has 0 fully saturated rings. The lowest BCUT2D eigenvalue weighted by Gasteiger charge is -2.09. The molecule has 0 radical (unpaired) electrons. The van der Waals surface area contributed by atoms with Crippen molar-refractivity contribution in [3.8, 4) is 5.75 Å². The predicted molar refractivity (Wildman–Crippen MR) is 77.9 cm³/mol. The Kier molecular flexibility index (Phi) is 4.40. The molecule has 0 saturated heterocycles. The number of benzene rings is 1. The second-order valence-corrected chi connectivity index (χ2v) is 5.06. The molecule has 2 rings (SSSR count). The van der Waals surface area contributed by atoms with Crippen LogP contribution in [-0.2, 0) is 7.05 Å². The first kappa shape index (κ1) is 14.1. The van der Waals surface area contributed by atoms with E-state index in [4.69, 9.17) is 4.74 Å². The fourth-order valence-corrected chi connectivity index (χ4v) is 1.66. The molecule has 0 unspecified atom stereocenters. The first-order valence-corrected chi connectivity index (χ1v) is 6.58. The van der Waals surface area contributed by atoms with E-state index in [2.05, 4.69) is 24.3 Å². The van der Waals surface area contributed by atoms with E-state index in [0.717, 1.165) is 0 Å². The molecule has 1 aromatic heterocycles. The molecule has 0 spiro atoms. The number of carbonyl (C=O) groups is 1. The Hall–Kier alpha value is -2.30. The van der Waals surface area contributed by atoms with Gasteiger partial charge in [-0.1, -0.05) is 19.9 Å². The molecule has 0 bridgehead atoms. The third-order valence-electron chi connectivity index (χ3n) is 2.63. The van der Waals surface area contributed by atoms with Gasteiger partial charge in [-0.2, -0.15) is 5.10 Å². The minimum atomic E-state index is -0.196. The molecule has 0 atom stereocenters. The number of hydrogen-bond acceptors (Lipinski definition) is 3. The van der Waals surface area contributed by atoms with Crippen LogP contribution in [0, 0.1) is 5.92 Å². The summed E-state index contributed by atoms with van der Waals surface area (Å²) < 4.78 is 7.25. The molecule has 1 amide bonds. The minimum Gasteiger partial charge on any atom is -0.493 e. The van der Waals surface area contributed by atoms with Gasteiger partial charge in [-0.25, -0.2) is 0 Å². The van der Waals surface area contributed by atoms with Crippen molar-refractivity contribution in [1.29, 1.82) is 0 Å². The lowest BCUT2D eigenvalue weighted by molar-refractivity contribution is 0.102. The maximum absolute atomic E-state index is 12.1. The Morgan fingerprint density at radius 3 is 2.85 bits per heavy atom. The number of nitrogens with zero attached hydrogens (tertiary/aromatic N) is 2. The maximum Gasteiger partial charge on any atom is 0.256 e. The number of carbonyl (C=O) groups excluding carboxylic acids is 1. The average molecular weight is 273 g/mol. The van der Waals surface area contributed by atoms with Gasteiger partial charge in [0.25, 0.3) is 5.91 Å². The van der Waals surface area contributed by atoms with Gasteiger partial charge in [0.2, 0.25) is 0 Å². The zero-order valence-corrected chi connectivity index (χ0v) is 12.0. The minimum absolute atomic E-state index is 0.196. The zero-order chi connectivity index (χ0) is 14.5. The summed E-state index contributed by atoms with van der Waals surface area (Å²) in [4.78, 5) is 12.1. The Bertz CT molecular complexity index is 590. The van der Waals surface area contributed by atoms with Gasteiger partial charge in [0.15, 0.2) is 5.82 Å². The van der Waals surface area contributed by atoms with E-state index in [-0.39, 0.29) is 5.91 Å². The number of nitrogens with one attached hydrogen (secondary N) is 1. The summed E-state index contributed by atoms with van der Waals surface area (Å²) in [7, 11) is 1.80. The van der Waals surface area contributed by atoms with Gasteiger partial charge in [-0.3, -0.25) is 9.48 Å². The van der Waals surface area contributed by atoms with Gasteiger partial charge in [0.1, 0.15) is 5.75 Å². The summed E-state index contributed by atoms with van der Waals surface area (Å²) in [6, 6.07) is 8.89. The van der Waals surface area contributed by atoms with Gasteiger partial charge >= 0.3 is 0 Å². The average Bonchev–Trinajstić information content (AvgIpc) is 2.82. The molecule has 0 aliphatic rings. The second kappa shape index (κ2) is 6.23. The third kappa shape index (κ3) is 3.85. The summed E-state index contributed by atoms with van der Waals surface area (Å²) in [5.41, 5.74) is 0.553. The van der Waals surface area contributed by atoms with Crippen LogP contribution in [-0.4, -0.2) is 22.3 Å². The van der Waals surface area contributed by atoms with Crippen molar-refractivity contribution in [2.45, 2.75) is 13.8 Å². The summed E-state index contributed by atoms with van der Waals surface area (Å²) in [6.07, 6.45) is 1.78. The van der Waals surface area contributed by atoms with Crippen molar-refractivity contribution in [3.05, 3.63) is 42.1 Å². The van der Waals surface area contributed by atoms with Crippen molar-refractivity contribution < 1.29 is 9.53 Å². The normalized spacial score (nSPS) is 10.6. The van der Waals surface area contributed by atoms with E-state index in [1.807, 2.05) is 12.1 Å². The van der Waals surface area contributed by atoms with Crippen molar-refractivity contribution in [3.63, 3.8) is 0 Å². The van der Waals surface area contributed by atoms with Crippen LogP contribution in [0.15, 0.2) is 36.5 Å². The molecule has 20 heavy (non-hydrogen) atoms. The van der Waals surface area contributed by atoms with Crippen LogP contribution >= 0.6 is 0 Å². The van der Waals surface area contributed by atoms with E-state index in [1.54, 1.807) is 36.1 Å². The molecular formula is C15H19N3O2. The van der Waals surface area contributed by atoms with E-state index in [0.29, 0.717) is 29.7 Å². The number of hydrogen-bond donors (Lipinski definition) is 1. The highest BCUT2D eigenvalue weighted by Gasteiger charge is 2.09.